The molecule has 32 heavy (non-hydrogen) atoms. The van der Waals surface area contributed by atoms with Gasteiger partial charge in [-0.2, -0.15) is 0 Å². The Morgan fingerprint density at radius 1 is 1.00 bits per heavy atom. The second-order valence-electron chi connectivity index (χ2n) is 6.51. The van der Waals surface area contributed by atoms with Crippen molar-refractivity contribution in [3.05, 3.63) is 77.6 Å². The van der Waals surface area contributed by atoms with Crippen LogP contribution in [-0.4, -0.2) is 35.1 Å². The van der Waals surface area contributed by atoms with Crippen LogP contribution in [0.15, 0.2) is 71.6 Å². The van der Waals surface area contributed by atoms with Crippen molar-refractivity contribution in [3.63, 3.8) is 0 Å². The molecular formula is C22H20ClFN2O5S. The van der Waals surface area contributed by atoms with E-state index in [9.17, 15) is 17.6 Å². The van der Waals surface area contributed by atoms with Crippen molar-refractivity contribution < 1.29 is 27.1 Å². The van der Waals surface area contributed by atoms with E-state index >= 15 is 0 Å². The molecule has 1 N–H and O–H groups in total. The molecule has 0 atom stereocenters. The predicted octanol–water partition coefficient (Wildman–Crippen LogP) is 4.33. The first kappa shape index (κ1) is 23.4. The molecule has 0 saturated heterocycles. The molecule has 0 aliphatic carbocycles. The van der Waals surface area contributed by atoms with Crippen molar-refractivity contribution in [2.75, 3.05) is 30.4 Å². The van der Waals surface area contributed by atoms with Gasteiger partial charge in [0.15, 0.2) is 11.5 Å². The second kappa shape index (κ2) is 9.88. The molecule has 10 heteroatoms. The second-order valence-corrected chi connectivity index (χ2v) is 8.78. The van der Waals surface area contributed by atoms with Crippen LogP contribution in [0, 0.1) is 5.82 Å². The summed E-state index contributed by atoms with van der Waals surface area (Å²) in [4.78, 5) is 12.5. The molecule has 0 aliphatic rings. The monoisotopic (exact) mass is 478 g/mol. The normalized spacial score (nSPS) is 11.0. The average molecular weight is 479 g/mol. The number of nitrogens with zero attached hydrogens (tertiary/aromatic N) is 1. The zero-order chi connectivity index (χ0) is 23.3. The fourth-order valence-electron chi connectivity index (χ4n) is 2.94. The van der Waals surface area contributed by atoms with Crippen molar-refractivity contribution in [2.24, 2.45) is 0 Å². The Hall–Kier alpha value is -3.30. The van der Waals surface area contributed by atoms with Crippen molar-refractivity contribution in [3.8, 4) is 11.5 Å². The average Bonchev–Trinajstić information content (AvgIpc) is 2.79. The number of carbonyl (C=O) groups excluding carboxylic acids is 1. The summed E-state index contributed by atoms with van der Waals surface area (Å²) in [5, 5.41) is 2.83. The number of sulfonamides is 1. The van der Waals surface area contributed by atoms with Crippen LogP contribution in [0.4, 0.5) is 15.8 Å². The largest absolute Gasteiger partial charge is 0.493 e. The van der Waals surface area contributed by atoms with Crippen LogP contribution < -0.4 is 19.1 Å². The summed E-state index contributed by atoms with van der Waals surface area (Å²) < 4.78 is 52.5. The van der Waals surface area contributed by atoms with Gasteiger partial charge in [0.2, 0.25) is 5.91 Å². The molecule has 0 heterocycles. The Morgan fingerprint density at radius 3 is 2.31 bits per heavy atom. The van der Waals surface area contributed by atoms with Gasteiger partial charge in [0.25, 0.3) is 10.0 Å². The van der Waals surface area contributed by atoms with Crippen LogP contribution in [0.5, 0.6) is 11.5 Å². The summed E-state index contributed by atoms with van der Waals surface area (Å²) in [5.41, 5.74) is 0.0211. The molecule has 0 unspecified atom stereocenters. The quantitative estimate of drug-likeness (QED) is 0.521. The summed E-state index contributed by atoms with van der Waals surface area (Å²) >= 11 is 6.06. The maximum atomic E-state index is 14.6. The Bertz CT molecular complexity index is 1240. The number of ether oxygens (including phenoxy) is 2. The molecule has 0 fully saturated rings. The van der Waals surface area contributed by atoms with E-state index in [1.807, 2.05) is 0 Å². The smallest absolute Gasteiger partial charge is 0.265 e. The summed E-state index contributed by atoms with van der Waals surface area (Å²) in [6, 6.07) is 15.7. The van der Waals surface area contributed by atoms with Gasteiger partial charge in [-0.3, -0.25) is 9.10 Å². The fraction of sp³-hybridized carbons (Fsp3) is 0.136. The number of benzene rings is 3. The zero-order valence-electron chi connectivity index (χ0n) is 17.2. The molecule has 1 amide bonds. The minimum absolute atomic E-state index is 0.169. The topological polar surface area (TPSA) is 84.9 Å². The standard InChI is InChI=1S/C22H20ClFN2O5S/c1-30-20-12-11-15(13-21(20)31-2)32(28,29)26(19-10-6-4-8-17(19)24)14-22(27)25-18-9-5-3-7-16(18)23/h3-13H,14H2,1-2H3,(H,25,27). The molecule has 168 valence electrons. The highest BCUT2D eigenvalue weighted by atomic mass is 35.5. The summed E-state index contributed by atoms with van der Waals surface area (Å²) in [6.07, 6.45) is 0. The van der Waals surface area contributed by atoms with Crippen LogP contribution in [-0.2, 0) is 14.8 Å². The van der Waals surface area contributed by atoms with E-state index in [-0.39, 0.29) is 21.4 Å². The van der Waals surface area contributed by atoms with Gasteiger partial charge >= 0.3 is 0 Å². The first-order chi connectivity index (χ1) is 15.3. The highest BCUT2D eigenvalue weighted by Gasteiger charge is 2.30. The minimum atomic E-state index is -4.37. The Labute approximate surface area is 190 Å². The fourth-order valence-corrected chi connectivity index (χ4v) is 4.57. The molecule has 3 aromatic rings. The number of anilines is 2. The van der Waals surface area contributed by atoms with Crippen LogP contribution in [0.25, 0.3) is 0 Å². The third-order valence-corrected chi connectivity index (χ3v) is 6.58. The van der Waals surface area contributed by atoms with Gasteiger partial charge in [-0.1, -0.05) is 35.9 Å². The van der Waals surface area contributed by atoms with Gasteiger partial charge in [0.05, 0.1) is 35.5 Å². The van der Waals surface area contributed by atoms with Gasteiger partial charge < -0.3 is 14.8 Å². The molecule has 3 aromatic carbocycles. The molecule has 7 nitrogen and oxygen atoms in total. The number of methoxy groups -OCH3 is 2. The van der Waals surface area contributed by atoms with E-state index in [1.54, 1.807) is 24.3 Å². The minimum Gasteiger partial charge on any atom is -0.493 e. The van der Waals surface area contributed by atoms with Crippen LogP contribution in [0.3, 0.4) is 0 Å². The van der Waals surface area contributed by atoms with Crippen molar-refractivity contribution in [2.45, 2.75) is 4.90 Å². The molecule has 0 bridgehead atoms. The molecule has 0 aromatic heterocycles. The number of hydrogen-bond acceptors (Lipinski definition) is 5. The highest BCUT2D eigenvalue weighted by Crippen LogP contribution is 2.33. The Morgan fingerprint density at radius 2 is 1.66 bits per heavy atom. The molecule has 0 aliphatic heterocycles. The van der Waals surface area contributed by atoms with Gasteiger partial charge in [-0.05, 0) is 36.4 Å². The number of rotatable bonds is 8. The number of para-hydroxylation sites is 2. The first-order valence-electron chi connectivity index (χ1n) is 9.31. The number of nitrogens with one attached hydrogen (secondary N) is 1. The van der Waals surface area contributed by atoms with Crippen LogP contribution in [0.2, 0.25) is 5.02 Å². The third-order valence-electron chi connectivity index (χ3n) is 4.50. The zero-order valence-corrected chi connectivity index (χ0v) is 18.8. The predicted molar refractivity (Wildman–Crippen MR) is 121 cm³/mol. The lowest BCUT2D eigenvalue weighted by molar-refractivity contribution is -0.114. The number of hydrogen-bond donors (Lipinski definition) is 1. The van der Waals surface area contributed by atoms with E-state index in [0.717, 1.165) is 6.07 Å². The van der Waals surface area contributed by atoms with Gasteiger partial charge in [-0.15, -0.1) is 0 Å². The Balaban J connectivity index is 2.02. The third kappa shape index (κ3) is 4.95. The van der Waals surface area contributed by atoms with E-state index in [1.165, 1.54) is 50.6 Å². The highest BCUT2D eigenvalue weighted by molar-refractivity contribution is 7.92. The molecule has 3 rings (SSSR count). The van der Waals surface area contributed by atoms with Crippen molar-refractivity contribution >= 4 is 38.9 Å². The first-order valence-corrected chi connectivity index (χ1v) is 11.1. The van der Waals surface area contributed by atoms with Gasteiger partial charge in [0.1, 0.15) is 12.4 Å². The summed E-state index contributed by atoms with van der Waals surface area (Å²) in [6.45, 7) is -0.692. The lowest BCUT2D eigenvalue weighted by Crippen LogP contribution is -2.38. The van der Waals surface area contributed by atoms with E-state index in [2.05, 4.69) is 5.32 Å². The van der Waals surface area contributed by atoms with Crippen LogP contribution >= 0.6 is 11.6 Å². The summed E-state index contributed by atoms with van der Waals surface area (Å²) in [7, 11) is -1.59. The van der Waals surface area contributed by atoms with E-state index in [4.69, 9.17) is 21.1 Å². The maximum absolute atomic E-state index is 14.6. The number of amides is 1. The van der Waals surface area contributed by atoms with Gasteiger partial charge in [-0.25, -0.2) is 12.8 Å². The lowest BCUT2D eigenvalue weighted by Gasteiger charge is -2.25. The van der Waals surface area contributed by atoms with Crippen molar-refractivity contribution in [1.29, 1.82) is 0 Å². The molecular weight excluding hydrogens is 459 g/mol. The van der Waals surface area contributed by atoms with E-state index < -0.39 is 28.3 Å². The Kier molecular flexibility index (Phi) is 7.22. The lowest BCUT2D eigenvalue weighted by atomic mass is 10.3. The summed E-state index contributed by atoms with van der Waals surface area (Å²) in [5.74, 6) is -1.02. The number of halogens is 2. The number of carbonyl (C=O) groups is 1. The molecule has 0 spiro atoms. The van der Waals surface area contributed by atoms with Crippen LogP contribution in [0.1, 0.15) is 0 Å². The molecule has 0 radical (unpaired) electrons. The SMILES string of the molecule is COc1ccc(S(=O)(=O)N(CC(=O)Nc2ccccc2Cl)c2ccccc2F)cc1OC. The maximum Gasteiger partial charge on any atom is 0.265 e. The van der Waals surface area contributed by atoms with Gasteiger partial charge in [0, 0.05) is 6.07 Å². The molecule has 0 saturated carbocycles. The van der Waals surface area contributed by atoms with E-state index in [0.29, 0.717) is 15.7 Å². The van der Waals surface area contributed by atoms with Crippen molar-refractivity contribution in [1.82, 2.24) is 0 Å².